The van der Waals surface area contributed by atoms with E-state index in [4.69, 9.17) is 0 Å². The van der Waals surface area contributed by atoms with Crippen molar-refractivity contribution in [2.45, 2.75) is 38.1 Å². The van der Waals surface area contributed by atoms with E-state index in [1.807, 2.05) is 45.9 Å². The average Bonchev–Trinajstić information content (AvgIpc) is 2.16. The van der Waals surface area contributed by atoms with E-state index in [0.717, 1.165) is 5.56 Å². The maximum Gasteiger partial charge on any atom is 0.236 e. The third-order valence-electron chi connectivity index (χ3n) is 2.43. The van der Waals surface area contributed by atoms with Crippen LogP contribution in [0.25, 0.3) is 0 Å². The number of rotatable bonds is 3. The van der Waals surface area contributed by atoms with Crippen LogP contribution in [0.4, 0.5) is 0 Å². The standard InChI is InChI=1S/C13H18BrNO/c1-9-6-5-7-11(8-9)10(2)15-12(16)13(3,4)14/h5-8,10H,1-4H3,(H,15,16)/t10-/m1/s1. The molecule has 0 aliphatic heterocycles. The molecule has 2 nitrogen and oxygen atoms in total. The number of carbonyl (C=O) groups is 1. The summed E-state index contributed by atoms with van der Waals surface area (Å²) in [5, 5.41) is 2.98. The Bertz CT molecular complexity index is 382. The zero-order valence-corrected chi connectivity index (χ0v) is 11.8. The molecule has 1 aromatic carbocycles. The molecule has 0 radical (unpaired) electrons. The molecule has 0 saturated carbocycles. The Balaban J connectivity index is 2.73. The minimum atomic E-state index is -0.523. The molecule has 0 bridgehead atoms. The molecule has 88 valence electrons. The van der Waals surface area contributed by atoms with Gasteiger partial charge < -0.3 is 5.32 Å². The predicted octanol–water partition coefficient (Wildman–Crippen LogP) is 3.35. The van der Waals surface area contributed by atoms with E-state index in [2.05, 4.69) is 27.3 Å². The summed E-state index contributed by atoms with van der Waals surface area (Å²) in [6, 6.07) is 8.20. The first-order chi connectivity index (χ1) is 7.30. The van der Waals surface area contributed by atoms with Crippen LogP contribution in [0.5, 0.6) is 0 Å². The summed E-state index contributed by atoms with van der Waals surface area (Å²) in [4.78, 5) is 11.8. The molecule has 0 fully saturated rings. The van der Waals surface area contributed by atoms with Gasteiger partial charge in [0.2, 0.25) is 5.91 Å². The Morgan fingerprint density at radius 2 is 2.06 bits per heavy atom. The third kappa shape index (κ3) is 3.63. The first kappa shape index (κ1) is 13.2. The smallest absolute Gasteiger partial charge is 0.236 e. The van der Waals surface area contributed by atoms with Gasteiger partial charge in [-0.05, 0) is 33.3 Å². The molecule has 0 aromatic heterocycles. The largest absolute Gasteiger partial charge is 0.348 e. The number of alkyl halides is 1. The lowest BCUT2D eigenvalue weighted by Gasteiger charge is -2.21. The number of aryl methyl sites for hydroxylation is 1. The SMILES string of the molecule is Cc1cccc([C@@H](C)NC(=O)C(C)(C)Br)c1. The minimum absolute atomic E-state index is 0.00139. The fourth-order valence-electron chi connectivity index (χ4n) is 1.39. The summed E-state index contributed by atoms with van der Waals surface area (Å²) in [5.74, 6) is 0.00139. The van der Waals surface area contributed by atoms with E-state index in [1.165, 1.54) is 5.56 Å². The van der Waals surface area contributed by atoms with Crippen molar-refractivity contribution >= 4 is 21.8 Å². The highest BCUT2D eigenvalue weighted by atomic mass is 79.9. The molecule has 0 unspecified atom stereocenters. The van der Waals surface area contributed by atoms with Gasteiger partial charge in [0.15, 0.2) is 0 Å². The molecule has 0 aliphatic rings. The van der Waals surface area contributed by atoms with E-state index in [9.17, 15) is 4.79 Å². The van der Waals surface area contributed by atoms with Crippen LogP contribution in [0.2, 0.25) is 0 Å². The van der Waals surface area contributed by atoms with Crippen molar-refractivity contribution < 1.29 is 4.79 Å². The van der Waals surface area contributed by atoms with Crippen LogP contribution in [0, 0.1) is 6.92 Å². The molecule has 0 saturated heterocycles. The summed E-state index contributed by atoms with van der Waals surface area (Å²) in [6.45, 7) is 7.72. The lowest BCUT2D eigenvalue weighted by Crippen LogP contribution is -2.38. The predicted molar refractivity (Wildman–Crippen MR) is 70.7 cm³/mol. The fraction of sp³-hybridized carbons (Fsp3) is 0.462. The van der Waals surface area contributed by atoms with Crippen molar-refractivity contribution in [3.05, 3.63) is 35.4 Å². The van der Waals surface area contributed by atoms with Gasteiger partial charge in [-0.15, -0.1) is 0 Å². The van der Waals surface area contributed by atoms with E-state index < -0.39 is 4.32 Å². The minimum Gasteiger partial charge on any atom is -0.348 e. The van der Waals surface area contributed by atoms with Crippen molar-refractivity contribution in [2.75, 3.05) is 0 Å². The molecule has 1 N–H and O–H groups in total. The third-order valence-corrected chi connectivity index (χ3v) is 2.79. The van der Waals surface area contributed by atoms with E-state index in [-0.39, 0.29) is 11.9 Å². The van der Waals surface area contributed by atoms with Gasteiger partial charge in [-0.25, -0.2) is 0 Å². The molecular formula is C13H18BrNO. The number of halogens is 1. The number of hydrogen-bond acceptors (Lipinski definition) is 1. The second kappa shape index (κ2) is 5.00. The van der Waals surface area contributed by atoms with Gasteiger partial charge in [0.05, 0.1) is 10.4 Å². The first-order valence-electron chi connectivity index (χ1n) is 5.37. The van der Waals surface area contributed by atoms with Gasteiger partial charge in [-0.1, -0.05) is 45.8 Å². The Labute approximate surface area is 106 Å². The maximum absolute atomic E-state index is 11.8. The molecular weight excluding hydrogens is 266 g/mol. The van der Waals surface area contributed by atoms with Crippen LogP contribution < -0.4 is 5.32 Å². The number of hydrogen-bond donors (Lipinski definition) is 1. The number of amides is 1. The van der Waals surface area contributed by atoms with Gasteiger partial charge in [-0.2, -0.15) is 0 Å². The van der Waals surface area contributed by atoms with Crippen LogP contribution in [0.1, 0.15) is 37.9 Å². The van der Waals surface area contributed by atoms with Crippen LogP contribution >= 0.6 is 15.9 Å². The number of nitrogens with one attached hydrogen (secondary N) is 1. The molecule has 0 aliphatic carbocycles. The van der Waals surface area contributed by atoms with Crippen LogP contribution in [0.15, 0.2) is 24.3 Å². The maximum atomic E-state index is 11.8. The molecule has 0 spiro atoms. The normalized spacial score (nSPS) is 13.3. The topological polar surface area (TPSA) is 29.1 Å². The Morgan fingerprint density at radius 3 is 2.56 bits per heavy atom. The Hall–Kier alpha value is -0.830. The van der Waals surface area contributed by atoms with Crippen LogP contribution in [-0.2, 0) is 4.79 Å². The second-order valence-corrected chi connectivity index (χ2v) is 6.56. The van der Waals surface area contributed by atoms with Gasteiger partial charge >= 0.3 is 0 Å². The fourth-order valence-corrected chi connectivity index (χ4v) is 1.51. The van der Waals surface area contributed by atoms with Gasteiger partial charge in [0.25, 0.3) is 0 Å². The highest BCUT2D eigenvalue weighted by Crippen LogP contribution is 2.19. The van der Waals surface area contributed by atoms with E-state index in [0.29, 0.717) is 0 Å². The molecule has 1 amide bonds. The van der Waals surface area contributed by atoms with Crippen molar-refractivity contribution in [3.63, 3.8) is 0 Å². The number of benzene rings is 1. The molecule has 1 aromatic rings. The lowest BCUT2D eigenvalue weighted by molar-refractivity contribution is -0.123. The lowest BCUT2D eigenvalue weighted by atomic mass is 10.0. The van der Waals surface area contributed by atoms with Crippen LogP contribution in [0.3, 0.4) is 0 Å². The summed E-state index contributed by atoms with van der Waals surface area (Å²) < 4.78 is -0.523. The van der Waals surface area contributed by atoms with Crippen LogP contribution in [-0.4, -0.2) is 10.2 Å². The number of carbonyl (C=O) groups excluding carboxylic acids is 1. The molecule has 0 heterocycles. The zero-order chi connectivity index (χ0) is 12.3. The molecule has 3 heteroatoms. The quantitative estimate of drug-likeness (QED) is 0.847. The molecule has 16 heavy (non-hydrogen) atoms. The second-order valence-electron chi connectivity index (χ2n) is 4.58. The first-order valence-corrected chi connectivity index (χ1v) is 6.16. The highest BCUT2D eigenvalue weighted by molar-refractivity contribution is 9.10. The van der Waals surface area contributed by atoms with Gasteiger partial charge in [0, 0.05) is 0 Å². The summed E-state index contributed by atoms with van der Waals surface area (Å²) in [5.41, 5.74) is 2.34. The van der Waals surface area contributed by atoms with Gasteiger partial charge in [0.1, 0.15) is 0 Å². The highest BCUT2D eigenvalue weighted by Gasteiger charge is 2.24. The van der Waals surface area contributed by atoms with E-state index in [1.54, 1.807) is 0 Å². The summed E-state index contributed by atoms with van der Waals surface area (Å²) in [7, 11) is 0. The van der Waals surface area contributed by atoms with Gasteiger partial charge in [-0.3, -0.25) is 4.79 Å². The summed E-state index contributed by atoms with van der Waals surface area (Å²) >= 11 is 3.35. The molecule has 1 atom stereocenters. The zero-order valence-electron chi connectivity index (χ0n) is 10.2. The van der Waals surface area contributed by atoms with Crippen molar-refractivity contribution in [2.24, 2.45) is 0 Å². The van der Waals surface area contributed by atoms with Crippen molar-refractivity contribution in [3.8, 4) is 0 Å². The Morgan fingerprint density at radius 1 is 1.44 bits per heavy atom. The van der Waals surface area contributed by atoms with E-state index >= 15 is 0 Å². The summed E-state index contributed by atoms with van der Waals surface area (Å²) in [6.07, 6.45) is 0. The van der Waals surface area contributed by atoms with Crippen molar-refractivity contribution in [1.82, 2.24) is 5.32 Å². The monoisotopic (exact) mass is 283 g/mol. The van der Waals surface area contributed by atoms with Crippen molar-refractivity contribution in [1.29, 1.82) is 0 Å². The Kier molecular flexibility index (Phi) is 4.14. The average molecular weight is 284 g/mol. The molecule has 1 rings (SSSR count).